The molecule has 1 aromatic heterocycles. The molecule has 5 heteroatoms. The number of nitrogens with zero attached hydrogens (tertiary/aromatic N) is 2. The van der Waals surface area contributed by atoms with Gasteiger partial charge in [-0.25, -0.2) is 4.98 Å². The van der Waals surface area contributed by atoms with E-state index in [1.165, 1.54) is 0 Å². The van der Waals surface area contributed by atoms with Gasteiger partial charge in [0.15, 0.2) is 0 Å². The molecule has 0 fully saturated rings. The second-order valence-corrected chi connectivity index (χ2v) is 4.69. The number of carbonyl (C=O) groups is 1. The Labute approximate surface area is 111 Å². The number of hydrogen-bond donors (Lipinski definition) is 1. The number of aryl methyl sites for hydroxylation is 1. The van der Waals surface area contributed by atoms with Crippen molar-refractivity contribution >= 4 is 27.7 Å². The summed E-state index contributed by atoms with van der Waals surface area (Å²) < 4.78 is 0.984. The van der Waals surface area contributed by atoms with E-state index < -0.39 is 0 Å². The molecule has 1 aromatic rings. The molecule has 1 heterocycles. The molecular weight excluding hydrogens is 282 g/mol. The number of likely N-dealkylation sites (N-methyl/N-ethyl adjacent to an activating group) is 1. The lowest BCUT2D eigenvalue weighted by Gasteiger charge is -2.22. The fourth-order valence-electron chi connectivity index (χ4n) is 1.50. The molecule has 0 aliphatic heterocycles. The Kier molecular flexibility index (Phi) is 5.41. The highest BCUT2D eigenvalue weighted by Gasteiger charge is 2.11. The van der Waals surface area contributed by atoms with E-state index >= 15 is 0 Å². The van der Waals surface area contributed by atoms with Crippen LogP contribution in [0, 0.1) is 6.92 Å². The van der Waals surface area contributed by atoms with Crippen LogP contribution in [0.25, 0.3) is 0 Å². The van der Waals surface area contributed by atoms with Crippen LogP contribution in [-0.4, -0.2) is 31.0 Å². The molecule has 0 aliphatic carbocycles. The van der Waals surface area contributed by atoms with Crippen molar-refractivity contribution in [2.75, 3.05) is 25.0 Å². The van der Waals surface area contributed by atoms with E-state index in [4.69, 9.17) is 0 Å². The van der Waals surface area contributed by atoms with E-state index in [1.54, 1.807) is 7.05 Å². The Morgan fingerprint density at radius 2 is 2.24 bits per heavy atom. The first-order valence-corrected chi connectivity index (χ1v) is 6.46. The maximum atomic E-state index is 11.4. The van der Waals surface area contributed by atoms with Gasteiger partial charge in [-0.05, 0) is 41.4 Å². The second kappa shape index (κ2) is 6.59. The average Bonchev–Trinajstić information content (AvgIpc) is 2.32. The number of aromatic nitrogens is 1. The van der Waals surface area contributed by atoms with Crippen LogP contribution in [0.4, 0.5) is 5.82 Å². The van der Waals surface area contributed by atoms with Crippen LogP contribution in [0.2, 0.25) is 0 Å². The molecule has 0 atom stereocenters. The third-order valence-corrected chi connectivity index (χ3v) is 3.28. The minimum Gasteiger partial charge on any atom is -0.358 e. The number of hydrogen-bond acceptors (Lipinski definition) is 3. The summed E-state index contributed by atoms with van der Waals surface area (Å²) >= 11 is 3.42. The largest absolute Gasteiger partial charge is 0.358 e. The predicted octanol–water partition coefficient (Wildman–Crippen LogP) is 2.11. The molecule has 0 radical (unpaired) electrons. The van der Waals surface area contributed by atoms with E-state index in [2.05, 4.69) is 33.2 Å². The third kappa shape index (κ3) is 4.00. The lowest BCUT2D eigenvalue weighted by molar-refractivity contribution is -0.119. The molecule has 0 bridgehead atoms. The second-order valence-electron chi connectivity index (χ2n) is 3.83. The minimum absolute atomic E-state index is 0.000761. The van der Waals surface area contributed by atoms with Crippen molar-refractivity contribution in [1.82, 2.24) is 10.3 Å². The first-order valence-electron chi connectivity index (χ1n) is 5.67. The molecule has 0 unspecified atom stereocenters. The highest BCUT2D eigenvalue weighted by atomic mass is 79.9. The number of carbonyl (C=O) groups excluding carboxylic acids is 1. The molecular formula is C12H18BrN3O. The Morgan fingerprint density at radius 3 is 2.76 bits per heavy atom. The van der Waals surface area contributed by atoms with Gasteiger partial charge < -0.3 is 10.2 Å². The highest BCUT2D eigenvalue weighted by Crippen LogP contribution is 2.19. The Balaban J connectivity index is 2.88. The number of pyridine rings is 1. The summed E-state index contributed by atoms with van der Waals surface area (Å²) in [6, 6.07) is 3.89. The number of halogens is 1. The molecule has 94 valence electrons. The normalized spacial score (nSPS) is 10.1. The molecule has 1 rings (SSSR count). The van der Waals surface area contributed by atoms with Crippen molar-refractivity contribution in [1.29, 1.82) is 0 Å². The summed E-state index contributed by atoms with van der Waals surface area (Å²) in [5.74, 6) is 0.844. The van der Waals surface area contributed by atoms with Gasteiger partial charge >= 0.3 is 0 Å². The zero-order valence-corrected chi connectivity index (χ0v) is 12.0. The van der Waals surface area contributed by atoms with E-state index in [0.29, 0.717) is 6.54 Å². The van der Waals surface area contributed by atoms with Crippen molar-refractivity contribution < 1.29 is 4.79 Å². The van der Waals surface area contributed by atoms with E-state index in [-0.39, 0.29) is 5.91 Å². The summed E-state index contributed by atoms with van der Waals surface area (Å²) in [6.45, 7) is 5.19. The van der Waals surface area contributed by atoms with Crippen molar-refractivity contribution in [2.45, 2.75) is 20.3 Å². The monoisotopic (exact) mass is 299 g/mol. The SMILES string of the molecule is CCCN(CC(=O)NC)c1ccc(Br)c(C)n1. The van der Waals surface area contributed by atoms with Gasteiger partial charge in [0.05, 0.1) is 12.2 Å². The smallest absolute Gasteiger partial charge is 0.239 e. The predicted molar refractivity (Wildman–Crippen MR) is 73.2 cm³/mol. The molecule has 1 amide bonds. The van der Waals surface area contributed by atoms with Crippen LogP contribution in [0.3, 0.4) is 0 Å². The van der Waals surface area contributed by atoms with Gasteiger partial charge in [0.1, 0.15) is 5.82 Å². The van der Waals surface area contributed by atoms with Gasteiger partial charge in [0, 0.05) is 18.1 Å². The van der Waals surface area contributed by atoms with Crippen LogP contribution in [0.15, 0.2) is 16.6 Å². The van der Waals surface area contributed by atoms with Gasteiger partial charge in [-0.15, -0.1) is 0 Å². The standard InChI is InChI=1S/C12H18BrN3O/c1-4-7-16(8-12(17)14-3)11-6-5-10(13)9(2)15-11/h5-6H,4,7-8H2,1-3H3,(H,14,17). The molecule has 0 saturated heterocycles. The van der Waals surface area contributed by atoms with E-state index in [0.717, 1.165) is 29.0 Å². The summed E-state index contributed by atoms with van der Waals surface area (Å²) in [6.07, 6.45) is 0.980. The van der Waals surface area contributed by atoms with Crippen LogP contribution in [0.1, 0.15) is 19.0 Å². The number of anilines is 1. The molecule has 0 saturated carbocycles. The highest BCUT2D eigenvalue weighted by molar-refractivity contribution is 9.10. The summed E-state index contributed by atoms with van der Waals surface area (Å²) in [4.78, 5) is 17.9. The van der Waals surface area contributed by atoms with Gasteiger partial charge in [0.2, 0.25) is 5.91 Å². The Hall–Kier alpha value is -1.10. The average molecular weight is 300 g/mol. The maximum Gasteiger partial charge on any atom is 0.239 e. The fraction of sp³-hybridized carbons (Fsp3) is 0.500. The van der Waals surface area contributed by atoms with Crippen molar-refractivity contribution in [3.63, 3.8) is 0 Å². The maximum absolute atomic E-state index is 11.4. The third-order valence-electron chi connectivity index (χ3n) is 2.44. The molecule has 0 aliphatic rings. The van der Waals surface area contributed by atoms with Crippen LogP contribution >= 0.6 is 15.9 Å². The summed E-state index contributed by atoms with van der Waals surface area (Å²) in [5, 5.41) is 2.63. The topological polar surface area (TPSA) is 45.2 Å². The van der Waals surface area contributed by atoms with E-state index in [9.17, 15) is 4.79 Å². The van der Waals surface area contributed by atoms with Gasteiger partial charge in [-0.1, -0.05) is 6.92 Å². The Bertz CT molecular complexity index is 395. The van der Waals surface area contributed by atoms with Gasteiger partial charge in [0.25, 0.3) is 0 Å². The first-order chi connectivity index (χ1) is 8.08. The summed E-state index contributed by atoms with van der Waals surface area (Å²) in [7, 11) is 1.65. The lowest BCUT2D eigenvalue weighted by Crippen LogP contribution is -2.36. The van der Waals surface area contributed by atoms with Crippen molar-refractivity contribution in [3.05, 3.63) is 22.3 Å². The lowest BCUT2D eigenvalue weighted by atomic mass is 10.3. The van der Waals surface area contributed by atoms with Crippen molar-refractivity contribution in [2.24, 2.45) is 0 Å². The zero-order valence-electron chi connectivity index (χ0n) is 10.5. The summed E-state index contributed by atoms with van der Waals surface area (Å²) in [5.41, 5.74) is 0.931. The van der Waals surface area contributed by atoms with Gasteiger partial charge in [-0.3, -0.25) is 4.79 Å². The number of nitrogens with one attached hydrogen (secondary N) is 1. The molecule has 0 aromatic carbocycles. The zero-order chi connectivity index (χ0) is 12.8. The fourth-order valence-corrected chi connectivity index (χ4v) is 1.72. The van der Waals surface area contributed by atoms with Crippen LogP contribution in [-0.2, 0) is 4.79 Å². The number of rotatable bonds is 5. The number of amides is 1. The minimum atomic E-state index is 0.000761. The first kappa shape index (κ1) is 14.0. The quantitative estimate of drug-likeness (QED) is 0.906. The molecule has 0 spiro atoms. The molecule has 17 heavy (non-hydrogen) atoms. The van der Waals surface area contributed by atoms with Gasteiger partial charge in [-0.2, -0.15) is 0 Å². The Morgan fingerprint density at radius 1 is 1.53 bits per heavy atom. The van der Waals surface area contributed by atoms with E-state index in [1.807, 2.05) is 24.0 Å². The van der Waals surface area contributed by atoms with Crippen LogP contribution in [0.5, 0.6) is 0 Å². The molecule has 1 N–H and O–H groups in total. The molecule has 4 nitrogen and oxygen atoms in total. The van der Waals surface area contributed by atoms with Crippen LogP contribution < -0.4 is 10.2 Å². The van der Waals surface area contributed by atoms with Crippen molar-refractivity contribution in [3.8, 4) is 0 Å².